The molecule has 1 aromatic rings. The van der Waals surface area contributed by atoms with Gasteiger partial charge in [0.05, 0.1) is 0 Å². The molecular weight excluding hydrogens is 206 g/mol. The van der Waals surface area contributed by atoms with Crippen LogP contribution in [-0.4, -0.2) is 29.9 Å². The normalized spacial score (nSPS) is 12.9. The minimum absolute atomic E-state index is 0.240. The number of nitrogens with zero attached hydrogens (tertiary/aromatic N) is 2. The van der Waals surface area contributed by atoms with E-state index >= 15 is 0 Å². The highest BCUT2D eigenvalue weighted by Crippen LogP contribution is 2.05. The zero-order chi connectivity index (χ0) is 11.8. The number of rotatable bonds is 8. The summed E-state index contributed by atoms with van der Waals surface area (Å²) in [5.74, 6) is 1.49. The first-order chi connectivity index (χ1) is 7.72. The van der Waals surface area contributed by atoms with Gasteiger partial charge in [-0.1, -0.05) is 5.16 Å². The fraction of sp³-hybridized carbons (Fsp3) is 0.818. The van der Waals surface area contributed by atoms with E-state index in [1.54, 1.807) is 7.11 Å². The topological polar surface area (TPSA) is 74.2 Å². The minimum atomic E-state index is 0.240. The lowest BCUT2D eigenvalue weighted by molar-refractivity contribution is 0.194. The lowest BCUT2D eigenvalue weighted by Crippen LogP contribution is -2.14. The van der Waals surface area contributed by atoms with E-state index in [4.69, 9.17) is 15.0 Å². The fourth-order valence-corrected chi connectivity index (χ4v) is 1.44. The molecule has 0 radical (unpaired) electrons. The number of nitrogens with two attached hydrogens (primary N) is 1. The standard InChI is InChI=1S/C11H21N3O2/c1-9(12)5-3-7-11-13-10(14-16-11)6-4-8-15-2/h9H,3-8,12H2,1-2H3. The van der Waals surface area contributed by atoms with Crippen molar-refractivity contribution in [3.8, 4) is 0 Å². The predicted molar refractivity (Wildman–Crippen MR) is 61.1 cm³/mol. The number of aryl methyl sites for hydroxylation is 2. The number of hydrogen-bond acceptors (Lipinski definition) is 5. The summed E-state index contributed by atoms with van der Waals surface area (Å²) in [5, 5.41) is 3.91. The second-order valence-electron chi connectivity index (χ2n) is 4.07. The molecule has 1 aromatic heterocycles. The molecule has 0 saturated carbocycles. The van der Waals surface area contributed by atoms with E-state index in [9.17, 15) is 0 Å². The molecule has 1 atom stereocenters. The van der Waals surface area contributed by atoms with E-state index in [1.165, 1.54) is 0 Å². The van der Waals surface area contributed by atoms with Crippen LogP contribution in [0.25, 0.3) is 0 Å². The number of ether oxygens (including phenoxy) is 1. The van der Waals surface area contributed by atoms with Crippen LogP contribution >= 0.6 is 0 Å². The first kappa shape index (κ1) is 13.1. The first-order valence-corrected chi connectivity index (χ1v) is 5.78. The molecule has 0 fully saturated rings. The van der Waals surface area contributed by atoms with Crippen molar-refractivity contribution in [2.24, 2.45) is 5.73 Å². The molecule has 92 valence electrons. The van der Waals surface area contributed by atoms with E-state index in [1.807, 2.05) is 6.92 Å². The molecule has 1 unspecified atom stereocenters. The summed E-state index contributed by atoms with van der Waals surface area (Å²) in [6.45, 7) is 2.73. The molecule has 0 spiro atoms. The number of methoxy groups -OCH3 is 1. The maximum atomic E-state index is 5.66. The smallest absolute Gasteiger partial charge is 0.226 e. The van der Waals surface area contributed by atoms with Crippen LogP contribution in [0.2, 0.25) is 0 Å². The van der Waals surface area contributed by atoms with Gasteiger partial charge in [0, 0.05) is 32.6 Å². The van der Waals surface area contributed by atoms with Crippen LogP contribution < -0.4 is 5.73 Å². The molecule has 1 heterocycles. The van der Waals surface area contributed by atoms with Crippen LogP contribution in [0.1, 0.15) is 37.9 Å². The van der Waals surface area contributed by atoms with Crippen molar-refractivity contribution >= 4 is 0 Å². The second kappa shape index (κ2) is 7.35. The fourth-order valence-electron chi connectivity index (χ4n) is 1.44. The molecule has 0 amide bonds. The Hall–Kier alpha value is -0.940. The van der Waals surface area contributed by atoms with Gasteiger partial charge in [-0.15, -0.1) is 0 Å². The average Bonchev–Trinajstić information content (AvgIpc) is 2.66. The van der Waals surface area contributed by atoms with Crippen LogP contribution in [0.5, 0.6) is 0 Å². The van der Waals surface area contributed by atoms with Crippen molar-refractivity contribution in [1.29, 1.82) is 0 Å². The zero-order valence-corrected chi connectivity index (χ0v) is 10.1. The van der Waals surface area contributed by atoms with Crippen LogP contribution in [-0.2, 0) is 17.6 Å². The van der Waals surface area contributed by atoms with E-state index in [-0.39, 0.29) is 6.04 Å². The van der Waals surface area contributed by atoms with Crippen LogP contribution in [0, 0.1) is 0 Å². The Morgan fingerprint density at radius 3 is 2.88 bits per heavy atom. The van der Waals surface area contributed by atoms with Gasteiger partial charge in [0.2, 0.25) is 5.89 Å². The Morgan fingerprint density at radius 1 is 1.38 bits per heavy atom. The Bertz CT molecular complexity index is 287. The monoisotopic (exact) mass is 227 g/mol. The van der Waals surface area contributed by atoms with Gasteiger partial charge < -0.3 is 15.0 Å². The second-order valence-corrected chi connectivity index (χ2v) is 4.07. The summed E-state index contributed by atoms with van der Waals surface area (Å²) in [4.78, 5) is 4.30. The number of aromatic nitrogens is 2. The van der Waals surface area contributed by atoms with E-state index < -0.39 is 0 Å². The van der Waals surface area contributed by atoms with E-state index in [0.717, 1.165) is 44.5 Å². The Labute approximate surface area is 96.4 Å². The highest BCUT2D eigenvalue weighted by atomic mass is 16.5. The Balaban J connectivity index is 2.22. The molecular formula is C11H21N3O2. The quantitative estimate of drug-likeness (QED) is 0.678. The molecule has 1 rings (SSSR count). The highest BCUT2D eigenvalue weighted by Gasteiger charge is 2.06. The Morgan fingerprint density at radius 2 is 2.19 bits per heavy atom. The summed E-state index contributed by atoms with van der Waals surface area (Å²) in [6.07, 6.45) is 4.54. The molecule has 0 aliphatic rings. The molecule has 0 saturated heterocycles. The maximum Gasteiger partial charge on any atom is 0.226 e. The van der Waals surface area contributed by atoms with Gasteiger partial charge >= 0.3 is 0 Å². The van der Waals surface area contributed by atoms with E-state index in [2.05, 4.69) is 10.1 Å². The predicted octanol–water partition coefficient (Wildman–Crippen LogP) is 1.32. The molecule has 0 bridgehead atoms. The van der Waals surface area contributed by atoms with Crippen molar-refractivity contribution in [3.05, 3.63) is 11.7 Å². The molecule has 0 aromatic carbocycles. The third-order valence-corrected chi connectivity index (χ3v) is 2.31. The molecule has 0 aliphatic carbocycles. The largest absolute Gasteiger partial charge is 0.385 e. The van der Waals surface area contributed by atoms with Crippen LogP contribution in [0.3, 0.4) is 0 Å². The zero-order valence-electron chi connectivity index (χ0n) is 10.1. The summed E-state index contributed by atoms with van der Waals surface area (Å²) < 4.78 is 10.1. The van der Waals surface area contributed by atoms with Gasteiger partial charge in [0.1, 0.15) is 0 Å². The molecule has 16 heavy (non-hydrogen) atoms. The van der Waals surface area contributed by atoms with Crippen LogP contribution in [0.4, 0.5) is 0 Å². The van der Waals surface area contributed by atoms with Crippen molar-refractivity contribution < 1.29 is 9.26 Å². The average molecular weight is 227 g/mol. The van der Waals surface area contributed by atoms with Crippen molar-refractivity contribution in [2.45, 2.75) is 45.1 Å². The molecule has 0 aliphatic heterocycles. The third-order valence-electron chi connectivity index (χ3n) is 2.31. The summed E-state index contributed by atoms with van der Waals surface area (Å²) >= 11 is 0. The minimum Gasteiger partial charge on any atom is -0.385 e. The van der Waals surface area contributed by atoms with Gasteiger partial charge in [-0.25, -0.2) is 0 Å². The summed E-state index contributed by atoms with van der Waals surface area (Å²) in [6, 6.07) is 0.240. The van der Waals surface area contributed by atoms with Crippen molar-refractivity contribution in [2.75, 3.05) is 13.7 Å². The third kappa shape index (κ3) is 5.23. The molecule has 5 heteroatoms. The van der Waals surface area contributed by atoms with E-state index in [0.29, 0.717) is 5.89 Å². The van der Waals surface area contributed by atoms with Gasteiger partial charge in [-0.2, -0.15) is 4.98 Å². The lowest BCUT2D eigenvalue weighted by Gasteiger charge is -2.00. The Kier molecular flexibility index (Phi) is 6.03. The van der Waals surface area contributed by atoms with Crippen molar-refractivity contribution in [1.82, 2.24) is 10.1 Å². The molecule has 2 N–H and O–H groups in total. The summed E-state index contributed by atoms with van der Waals surface area (Å²) in [5.41, 5.74) is 5.66. The van der Waals surface area contributed by atoms with Gasteiger partial charge in [0.15, 0.2) is 5.82 Å². The summed E-state index contributed by atoms with van der Waals surface area (Å²) in [7, 11) is 1.69. The SMILES string of the molecule is COCCCc1noc(CCCC(C)N)n1. The lowest BCUT2D eigenvalue weighted by atomic mass is 10.1. The van der Waals surface area contributed by atoms with Crippen molar-refractivity contribution in [3.63, 3.8) is 0 Å². The molecule has 5 nitrogen and oxygen atoms in total. The number of hydrogen-bond donors (Lipinski definition) is 1. The van der Waals surface area contributed by atoms with Gasteiger partial charge in [-0.05, 0) is 26.2 Å². The highest BCUT2D eigenvalue weighted by molar-refractivity contribution is 4.86. The maximum absolute atomic E-state index is 5.66. The first-order valence-electron chi connectivity index (χ1n) is 5.78. The van der Waals surface area contributed by atoms with Gasteiger partial charge in [-0.3, -0.25) is 0 Å². The van der Waals surface area contributed by atoms with Gasteiger partial charge in [0.25, 0.3) is 0 Å². The van der Waals surface area contributed by atoms with Crippen LogP contribution in [0.15, 0.2) is 4.52 Å².